The Kier molecular flexibility index (Phi) is 3.28. The van der Waals surface area contributed by atoms with E-state index in [9.17, 15) is 14.7 Å². The van der Waals surface area contributed by atoms with Gasteiger partial charge in [0, 0.05) is 23.5 Å². The third-order valence-corrected chi connectivity index (χ3v) is 3.91. The number of hydrogen-bond donors (Lipinski definition) is 1. The maximum absolute atomic E-state index is 11.8. The van der Waals surface area contributed by atoms with E-state index in [1.165, 1.54) is 12.1 Å². The standard InChI is InChI=1S/C14H19NO3/c1-10-8-12(16)9-11(2)15(10)14(13(17)18)6-4-3-5-7-14/h8-9H,3-7H2,1-2H3,(H,17,18). The van der Waals surface area contributed by atoms with Crippen LogP contribution in [0.3, 0.4) is 0 Å². The number of rotatable bonds is 2. The Balaban J connectivity index is 2.63. The second kappa shape index (κ2) is 4.59. The number of carbonyl (C=O) groups is 1. The second-order valence-corrected chi connectivity index (χ2v) is 5.21. The van der Waals surface area contributed by atoms with Crippen molar-refractivity contribution in [2.45, 2.75) is 51.5 Å². The van der Waals surface area contributed by atoms with Crippen LogP contribution in [0.1, 0.15) is 43.5 Å². The maximum atomic E-state index is 11.8. The Bertz CT molecular complexity index is 498. The zero-order valence-electron chi connectivity index (χ0n) is 10.9. The molecule has 1 aromatic rings. The highest BCUT2D eigenvalue weighted by atomic mass is 16.4. The highest BCUT2D eigenvalue weighted by molar-refractivity contribution is 5.77. The molecule has 1 aliphatic carbocycles. The molecule has 0 radical (unpaired) electrons. The minimum absolute atomic E-state index is 0.0578. The smallest absolute Gasteiger partial charge is 0.329 e. The molecule has 0 bridgehead atoms. The van der Waals surface area contributed by atoms with Crippen LogP contribution in [0, 0.1) is 13.8 Å². The van der Waals surface area contributed by atoms with Gasteiger partial charge in [0.05, 0.1) is 0 Å². The molecule has 1 aliphatic rings. The minimum Gasteiger partial charge on any atom is -0.479 e. The molecule has 1 aromatic heterocycles. The molecule has 2 rings (SSSR count). The molecule has 1 heterocycles. The van der Waals surface area contributed by atoms with Gasteiger partial charge in [0.15, 0.2) is 5.43 Å². The van der Waals surface area contributed by atoms with Crippen LogP contribution in [0.25, 0.3) is 0 Å². The summed E-state index contributed by atoms with van der Waals surface area (Å²) >= 11 is 0. The molecular weight excluding hydrogens is 230 g/mol. The Morgan fingerprint density at radius 1 is 1.17 bits per heavy atom. The predicted octanol–water partition coefficient (Wildman–Crippen LogP) is 2.21. The van der Waals surface area contributed by atoms with Gasteiger partial charge in [0.1, 0.15) is 5.54 Å². The number of hydrogen-bond acceptors (Lipinski definition) is 2. The van der Waals surface area contributed by atoms with Crippen LogP contribution in [0.2, 0.25) is 0 Å². The van der Waals surface area contributed by atoms with Gasteiger partial charge in [-0.25, -0.2) is 4.79 Å². The van der Waals surface area contributed by atoms with E-state index < -0.39 is 11.5 Å². The lowest BCUT2D eigenvalue weighted by molar-refractivity contribution is -0.149. The van der Waals surface area contributed by atoms with E-state index in [1.807, 2.05) is 18.4 Å². The van der Waals surface area contributed by atoms with Gasteiger partial charge in [0.25, 0.3) is 0 Å². The molecule has 0 saturated heterocycles. The van der Waals surface area contributed by atoms with E-state index in [0.29, 0.717) is 12.8 Å². The monoisotopic (exact) mass is 249 g/mol. The van der Waals surface area contributed by atoms with Crippen molar-refractivity contribution in [2.24, 2.45) is 0 Å². The van der Waals surface area contributed by atoms with Crippen LogP contribution in [0.4, 0.5) is 0 Å². The largest absolute Gasteiger partial charge is 0.479 e. The lowest BCUT2D eigenvalue weighted by atomic mass is 9.80. The average Bonchev–Trinajstić information content (AvgIpc) is 2.28. The first-order valence-corrected chi connectivity index (χ1v) is 6.41. The zero-order chi connectivity index (χ0) is 13.3. The first-order chi connectivity index (χ1) is 8.47. The molecule has 0 aromatic carbocycles. The van der Waals surface area contributed by atoms with E-state index in [1.54, 1.807) is 0 Å². The predicted molar refractivity (Wildman–Crippen MR) is 68.9 cm³/mol. The summed E-state index contributed by atoms with van der Waals surface area (Å²) in [6.07, 6.45) is 4.24. The van der Waals surface area contributed by atoms with Crippen LogP contribution in [-0.4, -0.2) is 15.6 Å². The summed E-state index contributed by atoms with van der Waals surface area (Å²) < 4.78 is 1.84. The SMILES string of the molecule is Cc1cc(=O)cc(C)n1C1(C(=O)O)CCCCC1. The fourth-order valence-corrected chi connectivity index (χ4v) is 3.21. The van der Waals surface area contributed by atoms with E-state index in [-0.39, 0.29) is 5.43 Å². The quantitative estimate of drug-likeness (QED) is 0.874. The first kappa shape index (κ1) is 12.9. The molecule has 0 aliphatic heterocycles. The van der Waals surface area contributed by atoms with Gasteiger partial charge in [-0.05, 0) is 26.7 Å². The van der Waals surface area contributed by atoms with Crippen molar-refractivity contribution in [1.82, 2.24) is 4.57 Å². The summed E-state index contributed by atoms with van der Waals surface area (Å²) in [6.45, 7) is 3.63. The number of carboxylic acids is 1. The highest BCUT2D eigenvalue weighted by Gasteiger charge is 2.42. The molecule has 1 N–H and O–H groups in total. The maximum Gasteiger partial charge on any atom is 0.329 e. The molecule has 0 amide bonds. The zero-order valence-corrected chi connectivity index (χ0v) is 10.9. The molecule has 4 heteroatoms. The van der Waals surface area contributed by atoms with E-state index in [0.717, 1.165) is 30.7 Å². The first-order valence-electron chi connectivity index (χ1n) is 6.41. The molecule has 4 nitrogen and oxygen atoms in total. The van der Waals surface area contributed by atoms with Crippen molar-refractivity contribution in [3.63, 3.8) is 0 Å². The molecule has 1 saturated carbocycles. The van der Waals surface area contributed by atoms with Crippen LogP contribution >= 0.6 is 0 Å². The lowest BCUT2D eigenvalue weighted by Crippen LogP contribution is -2.45. The number of aryl methyl sites for hydroxylation is 2. The Morgan fingerprint density at radius 2 is 1.67 bits per heavy atom. The normalized spacial score (nSPS) is 18.6. The van der Waals surface area contributed by atoms with Gasteiger partial charge < -0.3 is 9.67 Å². The average molecular weight is 249 g/mol. The second-order valence-electron chi connectivity index (χ2n) is 5.21. The number of pyridine rings is 1. The lowest BCUT2D eigenvalue weighted by Gasteiger charge is -2.38. The van der Waals surface area contributed by atoms with E-state index in [4.69, 9.17) is 0 Å². The summed E-state index contributed by atoms with van der Waals surface area (Å²) in [5, 5.41) is 9.66. The fraction of sp³-hybridized carbons (Fsp3) is 0.571. The molecule has 0 atom stereocenters. The summed E-state index contributed by atoms with van der Waals surface area (Å²) in [5.74, 6) is -0.781. The van der Waals surface area contributed by atoms with Gasteiger partial charge >= 0.3 is 5.97 Å². The van der Waals surface area contributed by atoms with Gasteiger partial charge in [-0.1, -0.05) is 19.3 Å². The molecule has 0 spiro atoms. The number of nitrogens with zero attached hydrogens (tertiary/aromatic N) is 1. The third kappa shape index (κ3) is 1.96. The highest BCUT2D eigenvalue weighted by Crippen LogP contribution is 2.36. The van der Waals surface area contributed by atoms with Crippen molar-refractivity contribution in [3.05, 3.63) is 33.7 Å². The summed E-state index contributed by atoms with van der Waals surface area (Å²) in [6, 6.07) is 3.04. The van der Waals surface area contributed by atoms with Gasteiger partial charge in [-0.2, -0.15) is 0 Å². The minimum atomic E-state index is -0.861. The topological polar surface area (TPSA) is 59.3 Å². The summed E-state index contributed by atoms with van der Waals surface area (Å²) in [7, 11) is 0. The van der Waals surface area contributed by atoms with Crippen molar-refractivity contribution >= 4 is 5.97 Å². The van der Waals surface area contributed by atoms with Gasteiger partial charge in [0.2, 0.25) is 0 Å². The van der Waals surface area contributed by atoms with Crippen LogP contribution in [-0.2, 0) is 10.3 Å². The molecule has 18 heavy (non-hydrogen) atoms. The van der Waals surface area contributed by atoms with Gasteiger partial charge in [-0.3, -0.25) is 4.79 Å². The van der Waals surface area contributed by atoms with Crippen LogP contribution < -0.4 is 5.43 Å². The third-order valence-electron chi connectivity index (χ3n) is 3.91. The van der Waals surface area contributed by atoms with Crippen molar-refractivity contribution < 1.29 is 9.90 Å². The number of aliphatic carboxylic acids is 1. The fourth-order valence-electron chi connectivity index (χ4n) is 3.21. The molecule has 0 unspecified atom stereocenters. The summed E-state index contributed by atoms with van der Waals surface area (Å²) in [5.41, 5.74) is 0.561. The molecule has 98 valence electrons. The van der Waals surface area contributed by atoms with Crippen molar-refractivity contribution in [1.29, 1.82) is 0 Å². The van der Waals surface area contributed by atoms with Crippen LogP contribution in [0.15, 0.2) is 16.9 Å². The van der Waals surface area contributed by atoms with Gasteiger partial charge in [-0.15, -0.1) is 0 Å². The Morgan fingerprint density at radius 3 is 2.11 bits per heavy atom. The van der Waals surface area contributed by atoms with E-state index >= 15 is 0 Å². The molecule has 1 fully saturated rings. The van der Waals surface area contributed by atoms with Crippen molar-refractivity contribution in [2.75, 3.05) is 0 Å². The number of carboxylic acid groups (broad SMARTS) is 1. The van der Waals surface area contributed by atoms with Crippen LogP contribution in [0.5, 0.6) is 0 Å². The number of aromatic nitrogens is 1. The summed E-state index contributed by atoms with van der Waals surface area (Å²) in [4.78, 5) is 23.2. The van der Waals surface area contributed by atoms with E-state index in [2.05, 4.69) is 0 Å². The van der Waals surface area contributed by atoms with Crippen molar-refractivity contribution in [3.8, 4) is 0 Å². The molecular formula is C14H19NO3. The Labute approximate surface area is 106 Å². The Hall–Kier alpha value is -1.58.